The lowest BCUT2D eigenvalue weighted by Gasteiger charge is -2.42. The molecule has 0 saturated carbocycles. The highest BCUT2D eigenvalue weighted by Gasteiger charge is 2.29. The molecule has 0 bridgehead atoms. The Labute approximate surface area is 110 Å². The van der Waals surface area contributed by atoms with Crippen LogP contribution in [-0.2, 0) is 0 Å². The van der Waals surface area contributed by atoms with Gasteiger partial charge in [-0.1, -0.05) is 13.8 Å². The molecule has 1 fully saturated rings. The quantitative estimate of drug-likeness (QED) is 0.873. The summed E-state index contributed by atoms with van der Waals surface area (Å²) < 4.78 is 0. The molecule has 1 aromatic heterocycles. The van der Waals surface area contributed by atoms with Gasteiger partial charge in [-0.05, 0) is 49.8 Å². The monoisotopic (exact) mass is 247 g/mol. The van der Waals surface area contributed by atoms with Crippen LogP contribution < -0.4 is 10.6 Å². The molecular weight excluding hydrogens is 222 g/mol. The van der Waals surface area contributed by atoms with E-state index in [1.165, 1.54) is 6.42 Å². The molecule has 1 aliphatic heterocycles. The Morgan fingerprint density at radius 3 is 2.78 bits per heavy atom. The first-order valence-electron chi connectivity index (χ1n) is 6.97. The maximum atomic E-state index is 5.96. The van der Waals surface area contributed by atoms with E-state index >= 15 is 0 Å². The van der Waals surface area contributed by atoms with Crippen molar-refractivity contribution in [1.82, 2.24) is 4.98 Å². The third kappa shape index (κ3) is 2.66. The Balaban J connectivity index is 2.26. The van der Waals surface area contributed by atoms with Crippen molar-refractivity contribution in [2.45, 2.75) is 46.2 Å². The molecule has 0 aromatic carbocycles. The molecule has 3 heteroatoms. The first-order valence-corrected chi connectivity index (χ1v) is 6.97. The van der Waals surface area contributed by atoms with Crippen molar-refractivity contribution in [3.63, 3.8) is 0 Å². The molecule has 4 atom stereocenters. The topological polar surface area (TPSA) is 42.1 Å². The Kier molecular flexibility index (Phi) is 3.91. The van der Waals surface area contributed by atoms with Gasteiger partial charge in [0.15, 0.2) is 0 Å². The lowest BCUT2D eigenvalue weighted by Crippen LogP contribution is -2.46. The van der Waals surface area contributed by atoms with E-state index in [-0.39, 0.29) is 6.04 Å². The van der Waals surface area contributed by atoms with Crippen molar-refractivity contribution in [2.75, 3.05) is 11.4 Å². The Morgan fingerprint density at radius 1 is 1.39 bits per heavy atom. The molecule has 0 radical (unpaired) electrons. The lowest BCUT2D eigenvalue weighted by atomic mass is 9.86. The first-order chi connectivity index (χ1) is 8.49. The number of hydrogen-bond acceptors (Lipinski definition) is 3. The largest absolute Gasteiger partial charge is 0.353 e. The smallest absolute Gasteiger partial charge is 0.129 e. The minimum absolute atomic E-state index is 0.0710. The van der Waals surface area contributed by atoms with Crippen LogP contribution in [0.25, 0.3) is 0 Å². The molecule has 0 amide bonds. The summed E-state index contributed by atoms with van der Waals surface area (Å²) in [5.41, 5.74) is 7.12. The summed E-state index contributed by atoms with van der Waals surface area (Å²) >= 11 is 0. The third-order valence-corrected chi connectivity index (χ3v) is 4.19. The van der Waals surface area contributed by atoms with Gasteiger partial charge in [0.1, 0.15) is 5.82 Å². The molecule has 2 rings (SSSR count). The van der Waals surface area contributed by atoms with Gasteiger partial charge in [-0.2, -0.15) is 0 Å². The van der Waals surface area contributed by atoms with Gasteiger partial charge in [0.05, 0.1) is 0 Å². The van der Waals surface area contributed by atoms with E-state index in [1.54, 1.807) is 0 Å². The maximum absolute atomic E-state index is 5.96. The average molecular weight is 247 g/mol. The Bertz CT molecular complexity index is 402. The molecule has 1 aromatic rings. The van der Waals surface area contributed by atoms with E-state index < -0.39 is 0 Å². The van der Waals surface area contributed by atoms with Crippen molar-refractivity contribution < 1.29 is 0 Å². The molecule has 100 valence electrons. The van der Waals surface area contributed by atoms with Gasteiger partial charge >= 0.3 is 0 Å². The number of pyridine rings is 1. The molecule has 3 nitrogen and oxygen atoms in total. The van der Waals surface area contributed by atoms with Crippen LogP contribution in [0, 0.1) is 11.8 Å². The second-order valence-electron chi connectivity index (χ2n) is 5.95. The number of aromatic nitrogens is 1. The van der Waals surface area contributed by atoms with Crippen LogP contribution in [0.3, 0.4) is 0 Å². The lowest BCUT2D eigenvalue weighted by molar-refractivity contribution is 0.295. The van der Waals surface area contributed by atoms with Crippen molar-refractivity contribution in [3.8, 4) is 0 Å². The summed E-state index contributed by atoms with van der Waals surface area (Å²) in [6.45, 7) is 10.1. The number of nitrogens with zero attached hydrogens (tertiary/aromatic N) is 2. The molecule has 0 spiro atoms. The number of hydrogen-bond donors (Lipinski definition) is 1. The molecular formula is C15H25N3. The molecule has 1 saturated heterocycles. The molecule has 18 heavy (non-hydrogen) atoms. The highest BCUT2D eigenvalue weighted by Crippen LogP contribution is 2.30. The highest BCUT2D eigenvalue weighted by molar-refractivity contribution is 5.43. The predicted octanol–water partition coefficient (Wildman–Crippen LogP) is 2.97. The van der Waals surface area contributed by atoms with Crippen molar-refractivity contribution in [2.24, 2.45) is 17.6 Å². The van der Waals surface area contributed by atoms with Crippen LogP contribution >= 0.6 is 0 Å². The van der Waals surface area contributed by atoms with Gasteiger partial charge < -0.3 is 10.6 Å². The number of piperidine rings is 1. The van der Waals surface area contributed by atoms with E-state index in [2.05, 4.69) is 36.7 Å². The summed E-state index contributed by atoms with van der Waals surface area (Å²) in [6.07, 6.45) is 3.19. The predicted molar refractivity (Wildman–Crippen MR) is 76.6 cm³/mol. The van der Waals surface area contributed by atoms with E-state index in [0.717, 1.165) is 29.8 Å². The fourth-order valence-electron chi connectivity index (χ4n) is 2.89. The molecule has 3 unspecified atom stereocenters. The zero-order valence-electron chi connectivity index (χ0n) is 11.9. The van der Waals surface area contributed by atoms with Crippen LogP contribution in [-0.4, -0.2) is 17.6 Å². The maximum Gasteiger partial charge on any atom is 0.129 e. The van der Waals surface area contributed by atoms with Crippen molar-refractivity contribution >= 4 is 5.82 Å². The van der Waals surface area contributed by atoms with Gasteiger partial charge in [0, 0.05) is 24.8 Å². The van der Waals surface area contributed by atoms with Crippen LogP contribution in [0.15, 0.2) is 18.3 Å². The van der Waals surface area contributed by atoms with Gasteiger partial charge in [-0.25, -0.2) is 4.98 Å². The Morgan fingerprint density at radius 2 is 2.11 bits per heavy atom. The van der Waals surface area contributed by atoms with Gasteiger partial charge in [0.2, 0.25) is 0 Å². The highest BCUT2D eigenvalue weighted by atomic mass is 15.2. The van der Waals surface area contributed by atoms with Crippen molar-refractivity contribution in [3.05, 3.63) is 23.9 Å². The summed E-state index contributed by atoms with van der Waals surface area (Å²) in [5, 5.41) is 0. The average Bonchev–Trinajstić information content (AvgIpc) is 2.34. The van der Waals surface area contributed by atoms with Gasteiger partial charge in [-0.3, -0.25) is 0 Å². The minimum atomic E-state index is 0.0710. The number of rotatable bonds is 2. The molecule has 2 N–H and O–H groups in total. The zero-order chi connectivity index (χ0) is 13.3. The summed E-state index contributed by atoms with van der Waals surface area (Å²) in [6, 6.07) is 4.78. The minimum Gasteiger partial charge on any atom is -0.353 e. The van der Waals surface area contributed by atoms with Crippen LogP contribution in [0.1, 0.15) is 45.7 Å². The van der Waals surface area contributed by atoms with Crippen LogP contribution in [0.2, 0.25) is 0 Å². The van der Waals surface area contributed by atoms with E-state index in [4.69, 9.17) is 5.73 Å². The molecule has 0 aliphatic carbocycles. The molecule has 2 heterocycles. The summed E-state index contributed by atoms with van der Waals surface area (Å²) in [5.74, 6) is 2.53. The Hall–Kier alpha value is -1.09. The standard InChI is InChI=1S/C15H25N3/c1-10-7-11(2)13(4)18(9-10)15-8-14(12(3)16)5-6-17-15/h5-6,8,10-13H,7,9,16H2,1-4H3/t10?,11?,12-,13?/m0/s1. The fourth-order valence-corrected chi connectivity index (χ4v) is 2.89. The number of anilines is 1. The van der Waals surface area contributed by atoms with E-state index in [0.29, 0.717) is 6.04 Å². The second-order valence-corrected chi connectivity index (χ2v) is 5.95. The van der Waals surface area contributed by atoms with Crippen LogP contribution in [0.5, 0.6) is 0 Å². The third-order valence-electron chi connectivity index (χ3n) is 4.19. The van der Waals surface area contributed by atoms with Gasteiger partial charge in [-0.15, -0.1) is 0 Å². The van der Waals surface area contributed by atoms with Gasteiger partial charge in [0.25, 0.3) is 0 Å². The second kappa shape index (κ2) is 5.27. The van der Waals surface area contributed by atoms with E-state index in [1.807, 2.05) is 19.2 Å². The summed E-state index contributed by atoms with van der Waals surface area (Å²) in [7, 11) is 0. The first kappa shape index (κ1) is 13.3. The normalized spacial score (nSPS) is 30.3. The molecule has 1 aliphatic rings. The number of nitrogens with two attached hydrogens (primary N) is 1. The van der Waals surface area contributed by atoms with E-state index in [9.17, 15) is 0 Å². The fraction of sp³-hybridized carbons (Fsp3) is 0.667. The SMILES string of the molecule is CC1CC(C)C(C)N(c2cc([C@H](C)N)ccn2)C1. The zero-order valence-corrected chi connectivity index (χ0v) is 11.9. The van der Waals surface area contributed by atoms with Crippen LogP contribution in [0.4, 0.5) is 5.82 Å². The van der Waals surface area contributed by atoms with Crippen molar-refractivity contribution in [1.29, 1.82) is 0 Å². The summed E-state index contributed by atoms with van der Waals surface area (Å²) in [4.78, 5) is 6.97.